The Morgan fingerprint density at radius 3 is 2.43 bits per heavy atom. The van der Waals surface area contributed by atoms with Gasteiger partial charge in [0.15, 0.2) is 5.69 Å². The fourth-order valence-corrected chi connectivity index (χ4v) is 2.70. The number of aromatic amines is 1. The molecule has 1 heterocycles. The van der Waals surface area contributed by atoms with Crippen molar-refractivity contribution in [3.8, 4) is 5.88 Å². The van der Waals surface area contributed by atoms with E-state index in [1.165, 1.54) is 24.3 Å². The number of sulfonamides is 1. The topological polar surface area (TPSA) is 121 Å². The summed E-state index contributed by atoms with van der Waals surface area (Å²) in [6.07, 6.45) is 0. The van der Waals surface area contributed by atoms with Gasteiger partial charge < -0.3 is 10.1 Å². The normalized spacial score (nSPS) is 12.3. The number of azo groups is 1. The number of hydrogen-bond donors (Lipinski definition) is 3. The lowest BCUT2D eigenvalue weighted by Gasteiger charge is -1.98. The van der Waals surface area contributed by atoms with Crippen LogP contribution in [0.1, 0.15) is 5.56 Å². The summed E-state index contributed by atoms with van der Waals surface area (Å²) in [6, 6.07) is 11.3. The molecule has 2 aromatic carbocycles. The van der Waals surface area contributed by atoms with Crippen molar-refractivity contribution in [2.45, 2.75) is 11.8 Å². The van der Waals surface area contributed by atoms with Gasteiger partial charge in [0, 0.05) is 5.39 Å². The lowest BCUT2D eigenvalue weighted by molar-refractivity contribution is 0.459. The van der Waals surface area contributed by atoms with E-state index in [1.54, 1.807) is 0 Å². The molecule has 0 radical (unpaired) electrons. The minimum absolute atomic E-state index is 0.00187. The minimum atomic E-state index is -3.74. The number of H-pyrrole nitrogens is 1. The van der Waals surface area contributed by atoms with E-state index >= 15 is 0 Å². The Balaban J connectivity index is 1.97. The molecule has 8 heteroatoms. The molecular formula is C15H14N4O3S. The Hall–Kier alpha value is -2.71. The highest BCUT2D eigenvalue weighted by Crippen LogP contribution is 2.36. The Kier molecular flexibility index (Phi) is 3.63. The molecule has 0 bridgehead atoms. The molecule has 0 aliphatic carbocycles. The van der Waals surface area contributed by atoms with Crippen molar-refractivity contribution >= 4 is 32.3 Å². The standard InChI is InChI=1S/C15H14N4O3S/c1-9-2-7-13-12(8-9)14(15(20)17-13)19-18-10-3-5-11(6-4-10)23(16,21)22/h2-8,17,20H,1H3,(H2,16,21,22). The van der Waals surface area contributed by atoms with Crippen LogP contribution in [0.2, 0.25) is 0 Å². The number of aryl methyl sites for hydroxylation is 1. The molecule has 4 N–H and O–H groups in total. The van der Waals surface area contributed by atoms with Crippen LogP contribution in [-0.4, -0.2) is 18.5 Å². The number of primary sulfonamides is 1. The molecule has 7 nitrogen and oxygen atoms in total. The predicted molar refractivity (Wildman–Crippen MR) is 86.7 cm³/mol. The molecule has 0 amide bonds. The van der Waals surface area contributed by atoms with Gasteiger partial charge in [0.1, 0.15) is 0 Å². The molecule has 0 fully saturated rings. The predicted octanol–water partition coefficient (Wildman–Crippen LogP) is 3.24. The SMILES string of the molecule is Cc1ccc2[nH]c(O)c(N=Nc3ccc(S(N)(=O)=O)cc3)c2c1. The van der Waals surface area contributed by atoms with Crippen molar-refractivity contribution in [2.24, 2.45) is 15.4 Å². The zero-order valence-corrected chi connectivity index (χ0v) is 13.0. The lowest BCUT2D eigenvalue weighted by atomic mass is 10.2. The summed E-state index contributed by atoms with van der Waals surface area (Å²) < 4.78 is 22.4. The molecule has 0 saturated heterocycles. The van der Waals surface area contributed by atoms with Crippen LogP contribution >= 0.6 is 0 Å². The fourth-order valence-electron chi connectivity index (χ4n) is 2.19. The number of rotatable bonds is 3. The quantitative estimate of drug-likeness (QED) is 0.639. The zero-order valence-electron chi connectivity index (χ0n) is 12.2. The maximum absolute atomic E-state index is 11.2. The van der Waals surface area contributed by atoms with Crippen molar-refractivity contribution in [1.29, 1.82) is 0 Å². The van der Waals surface area contributed by atoms with Crippen LogP contribution in [0.4, 0.5) is 11.4 Å². The maximum atomic E-state index is 11.2. The first-order valence-corrected chi connectivity index (χ1v) is 8.25. The molecule has 0 atom stereocenters. The van der Waals surface area contributed by atoms with E-state index in [4.69, 9.17) is 5.14 Å². The van der Waals surface area contributed by atoms with Crippen molar-refractivity contribution in [3.05, 3.63) is 48.0 Å². The number of nitrogens with zero attached hydrogens (tertiary/aromatic N) is 2. The number of benzene rings is 2. The highest BCUT2D eigenvalue weighted by molar-refractivity contribution is 7.89. The number of nitrogens with two attached hydrogens (primary N) is 1. The Morgan fingerprint density at radius 1 is 1.09 bits per heavy atom. The first-order chi connectivity index (χ1) is 10.8. The summed E-state index contributed by atoms with van der Waals surface area (Å²) >= 11 is 0. The van der Waals surface area contributed by atoms with Gasteiger partial charge in [-0.15, -0.1) is 5.11 Å². The third-order valence-corrected chi connectivity index (χ3v) is 4.27. The highest BCUT2D eigenvalue weighted by Gasteiger charge is 2.10. The molecule has 0 unspecified atom stereocenters. The molecule has 0 saturated carbocycles. The van der Waals surface area contributed by atoms with Crippen LogP contribution in [0.25, 0.3) is 10.9 Å². The van der Waals surface area contributed by atoms with Crippen LogP contribution in [0.5, 0.6) is 5.88 Å². The van der Waals surface area contributed by atoms with Crippen molar-refractivity contribution < 1.29 is 13.5 Å². The zero-order chi connectivity index (χ0) is 16.6. The number of nitrogens with one attached hydrogen (secondary N) is 1. The van der Waals surface area contributed by atoms with Crippen molar-refractivity contribution in [3.63, 3.8) is 0 Å². The Morgan fingerprint density at radius 2 is 1.78 bits per heavy atom. The molecule has 23 heavy (non-hydrogen) atoms. The van der Waals surface area contributed by atoms with E-state index in [1.807, 2.05) is 25.1 Å². The number of aromatic nitrogens is 1. The highest BCUT2D eigenvalue weighted by atomic mass is 32.2. The molecule has 3 aromatic rings. The molecular weight excluding hydrogens is 316 g/mol. The van der Waals surface area contributed by atoms with Crippen LogP contribution < -0.4 is 5.14 Å². The van der Waals surface area contributed by atoms with Crippen LogP contribution in [0.3, 0.4) is 0 Å². The monoisotopic (exact) mass is 330 g/mol. The van der Waals surface area contributed by atoms with Gasteiger partial charge >= 0.3 is 0 Å². The van der Waals surface area contributed by atoms with E-state index < -0.39 is 10.0 Å². The van der Waals surface area contributed by atoms with Gasteiger partial charge in [-0.25, -0.2) is 13.6 Å². The van der Waals surface area contributed by atoms with Gasteiger partial charge in [0.2, 0.25) is 15.9 Å². The van der Waals surface area contributed by atoms with Crippen LogP contribution in [0.15, 0.2) is 57.6 Å². The molecule has 0 spiro atoms. The maximum Gasteiger partial charge on any atom is 0.238 e. The second-order valence-corrected chi connectivity index (χ2v) is 6.67. The summed E-state index contributed by atoms with van der Waals surface area (Å²) in [7, 11) is -3.74. The first-order valence-electron chi connectivity index (χ1n) is 6.70. The van der Waals surface area contributed by atoms with E-state index in [0.717, 1.165) is 16.5 Å². The van der Waals surface area contributed by atoms with Crippen LogP contribution in [-0.2, 0) is 10.0 Å². The van der Waals surface area contributed by atoms with Crippen molar-refractivity contribution in [1.82, 2.24) is 4.98 Å². The van der Waals surface area contributed by atoms with E-state index in [0.29, 0.717) is 11.4 Å². The fraction of sp³-hybridized carbons (Fsp3) is 0.0667. The van der Waals surface area contributed by atoms with E-state index in [9.17, 15) is 13.5 Å². The smallest absolute Gasteiger partial charge is 0.238 e. The number of fused-ring (bicyclic) bond motifs is 1. The van der Waals surface area contributed by atoms with E-state index in [-0.39, 0.29) is 10.8 Å². The van der Waals surface area contributed by atoms with Gasteiger partial charge in [-0.1, -0.05) is 11.6 Å². The van der Waals surface area contributed by atoms with E-state index in [2.05, 4.69) is 15.2 Å². The van der Waals surface area contributed by atoms with Gasteiger partial charge in [0.25, 0.3) is 0 Å². The van der Waals surface area contributed by atoms with Gasteiger partial charge in [0.05, 0.1) is 16.1 Å². The van der Waals surface area contributed by atoms with Crippen LogP contribution in [0, 0.1) is 6.92 Å². The summed E-state index contributed by atoms with van der Waals surface area (Å²) in [5, 5.41) is 23.8. The molecule has 118 valence electrons. The molecule has 1 aromatic heterocycles. The summed E-state index contributed by atoms with van der Waals surface area (Å²) in [4.78, 5) is 2.83. The van der Waals surface area contributed by atoms with Crippen molar-refractivity contribution in [2.75, 3.05) is 0 Å². The second kappa shape index (κ2) is 5.49. The number of hydrogen-bond acceptors (Lipinski definition) is 5. The Labute approximate surface area is 132 Å². The number of aromatic hydroxyl groups is 1. The molecule has 0 aliphatic rings. The molecule has 3 rings (SSSR count). The largest absolute Gasteiger partial charge is 0.493 e. The summed E-state index contributed by atoms with van der Waals surface area (Å²) in [6.45, 7) is 1.94. The average Bonchev–Trinajstić information content (AvgIpc) is 2.79. The third kappa shape index (κ3) is 3.08. The van der Waals surface area contributed by atoms with Gasteiger partial charge in [-0.3, -0.25) is 0 Å². The lowest BCUT2D eigenvalue weighted by Crippen LogP contribution is -2.11. The first kappa shape index (κ1) is 15.2. The molecule has 0 aliphatic heterocycles. The van der Waals surface area contributed by atoms with Gasteiger partial charge in [-0.05, 0) is 43.3 Å². The summed E-state index contributed by atoms with van der Waals surface area (Å²) in [5.41, 5.74) is 2.56. The average molecular weight is 330 g/mol. The second-order valence-electron chi connectivity index (χ2n) is 5.11. The third-order valence-electron chi connectivity index (χ3n) is 3.34. The Bertz CT molecular complexity index is 1010. The summed E-state index contributed by atoms with van der Waals surface area (Å²) in [5.74, 6) is -0.0736. The minimum Gasteiger partial charge on any atom is -0.493 e. The van der Waals surface area contributed by atoms with Gasteiger partial charge in [-0.2, -0.15) is 5.11 Å².